The lowest BCUT2D eigenvalue weighted by Gasteiger charge is -2.38. The number of ether oxygens (including phenoxy) is 2. The van der Waals surface area contributed by atoms with Gasteiger partial charge in [-0.3, -0.25) is 0 Å². The highest BCUT2D eigenvalue weighted by molar-refractivity contribution is 14.1. The average molecular weight is 486 g/mol. The fourth-order valence-corrected chi connectivity index (χ4v) is 5.60. The van der Waals surface area contributed by atoms with Crippen LogP contribution in [0.4, 0.5) is 0 Å². The fraction of sp³-hybridized carbons (Fsp3) is 0.818. The van der Waals surface area contributed by atoms with Crippen LogP contribution in [-0.4, -0.2) is 53.8 Å². The first-order valence-corrected chi connectivity index (χ1v) is 12.3. The van der Waals surface area contributed by atoms with Crippen molar-refractivity contribution >= 4 is 22.6 Å². The van der Waals surface area contributed by atoms with Crippen LogP contribution in [0.1, 0.15) is 57.8 Å². The van der Waals surface area contributed by atoms with Gasteiger partial charge in [-0.15, -0.1) is 0 Å². The Balaban J connectivity index is 1.53. The van der Waals surface area contributed by atoms with Gasteiger partial charge in [-0.25, -0.2) is 0 Å². The zero-order valence-corrected chi connectivity index (χ0v) is 18.7. The highest BCUT2D eigenvalue weighted by Crippen LogP contribution is 2.36. The molecule has 3 fully saturated rings. The smallest absolute Gasteiger partial charge is 0.103 e. The Morgan fingerprint density at radius 1 is 1.00 bits per heavy atom. The van der Waals surface area contributed by atoms with Gasteiger partial charge in [0.15, 0.2) is 0 Å². The van der Waals surface area contributed by atoms with Crippen LogP contribution in [0.5, 0.6) is 0 Å². The van der Waals surface area contributed by atoms with Crippen LogP contribution < -0.4 is 5.32 Å². The summed E-state index contributed by atoms with van der Waals surface area (Å²) in [5, 5.41) is 3.85. The summed E-state index contributed by atoms with van der Waals surface area (Å²) < 4.78 is 13.1. The quantitative estimate of drug-likeness (QED) is 0.474. The molecule has 2 aliphatic carbocycles. The maximum Gasteiger partial charge on any atom is 0.103 e. The third kappa shape index (κ3) is 5.41. The average Bonchev–Trinajstić information content (AvgIpc) is 2.82. The second kappa shape index (κ2) is 9.97. The van der Waals surface area contributed by atoms with Gasteiger partial charge in [0.2, 0.25) is 0 Å². The molecule has 2 atom stereocenters. The molecule has 2 heterocycles. The van der Waals surface area contributed by atoms with E-state index in [9.17, 15) is 0 Å². The summed E-state index contributed by atoms with van der Waals surface area (Å²) >= 11 is 2.61. The minimum absolute atomic E-state index is 0.416. The molecule has 2 aliphatic heterocycles. The number of hydrogen-bond acceptors (Lipinski definition) is 4. The Morgan fingerprint density at radius 3 is 2.59 bits per heavy atom. The molecule has 0 bridgehead atoms. The summed E-state index contributed by atoms with van der Waals surface area (Å²) in [6.45, 7) is 4.78. The molecule has 1 N–H and O–H groups in total. The van der Waals surface area contributed by atoms with Crippen LogP contribution in [0.2, 0.25) is 0 Å². The van der Waals surface area contributed by atoms with E-state index < -0.39 is 0 Å². The minimum Gasteiger partial charge on any atom is -0.494 e. The van der Waals surface area contributed by atoms with Crippen LogP contribution in [0, 0.1) is 5.92 Å². The molecule has 5 heteroatoms. The van der Waals surface area contributed by atoms with E-state index in [-0.39, 0.29) is 0 Å². The maximum atomic E-state index is 6.73. The summed E-state index contributed by atoms with van der Waals surface area (Å²) in [5.74, 6) is 1.76. The van der Waals surface area contributed by atoms with Gasteiger partial charge in [0, 0.05) is 34.7 Å². The van der Waals surface area contributed by atoms with E-state index in [1.165, 1.54) is 69.2 Å². The number of nitrogens with one attached hydrogen (secondary N) is 1. The SMILES string of the molecule is I[C@H]1CC[C@@H](OC2=CC(N3CCOCC3)=CC3NCCCCCCC23)CC1. The van der Waals surface area contributed by atoms with E-state index in [1.807, 2.05) is 0 Å². The van der Waals surface area contributed by atoms with Crippen molar-refractivity contribution in [2.24, 2.45) is 5.92 Å². The van der Waals surface area contributed by atoms with Gasteiger partial charge in [-0.1, -0.05) is 41.9 Å². The predicted molar refractivity (Wildman–Crippen MR) is 118 cm³/mol. The standard InChI is InChI=1S/C22H35IN2O2/c23-17-6-8-19(9-7-17)27-22-16-18(25-11-13-26-14-12-25)15-21-20(22)5-3-1-2-4-10-24-21/h15-17,19-21,24H,1-14H2/t17-,19+,20?,21?. The Hall–Kier alpha value is -0.270. The van der Waals surface area contributed by atoms with Crippen LogP contribution in [-0.2, 0) is 9.47 Å². The second-order valence-corrected chi connectivity index (χ2v) is 10.3. The van der Waals surface area contributed by atoms with Gasteiger partial charge >= 0.3 is 0 Å². The molecule has 0 aromatic carbocycles. The fourth-order valence-electron chi connectivity index (χ4n) is 4.88. The highest BCUT2D eigenvalue weighted by atomic mass is 127. The van der Waals surface area contributed by atoms with Crippen LogP contribution in [0.3, 0.4) is 0 Å². The second-order valence-electron chi connectivity index (χ2n) is 8.52. The zero-order valence-electron chi connectivity index (χ0n) is 16.5. The van der Waals surface area contributed by atoms with E-state index in [0.29, 0.717) is 18.1 Å². The topological polar surface area (TPSA) is 33.7 Å². The molecule has 2 saturated heterocycles. The molecule has 152 valence electrons. The molecule has 0 aromatic heterocycles. The van der Waals surface area contributed by atoms with E-state index in [0.717, 1.165) is 36.8 Å². The Bertz CT molecular complexity index is 536. The molecular formula is C22H35IN2O2. The van der Waals surface area contributed by atoms with Crippen LogP contribution in [0.15, 0.2) is 23.6 Å². The molecule has 0 aromatic rings. The molecule has 0 spiro atoms. The van der Waals surface area contributed by atoms with Crippen LogP contribution in [0.25, 0.3) is 0 Å². The predicted octanol–water partition coefficient (Wildman–Crippen LogP) is 4.40. The van der Waals surface area contributed by atoms with Crippen molar-refractivity contribution in [2.45, 2.75) is 73.9 Å². The molecular weight excluding hydrogens is 451 g/mol. The van der Waals surface area contributed by atoms with Crippen molar-refractivity contribution in [3.8, 4) is 0 Å². The largest absolute Gasteiger partial charge is 0.494 e. The maximum absolute atomic E-state index is 6.73. The normalized spacial score (nSPS) is 35.8. The number of nitrogens with zero attached hydrogens (tertiary/aromatic N) is 1. The molecule has 4 aliphatic rings. The van der Waals surface area contributed by atoms with Crippen molar-refractivity contribution in [3.05, 3.63) is 23.6 Å². The Labute approximate surface area is 178 Å². The third-order valence-electron chi connectivity index (χ3n) is 6.54. The van der Waals surface area contributed by atoms with Gasteiger partial charge in [0.25, 0.3) is 0 Å². The number of rotatable bonds is 3. The first kappa shape index (κ1) is 20.0. The summed E-state index contributed by atoms with van der Waals surface area (Å²) in [7, 11) is 0. The summed E-state index contributed by atoms with van der Waals surface area (Å²) in [6, 6.07) is 0.418. The Morgan fingerprint density at radius 2 is 1.78 bits per heavy atom. The lowest BCUT2D eigenvalue weighted by Crippen LogP contribution is -2.42. The molecule has 1 saturated carbocycles. The van der Waals surface area contributed by atoms with Crippen molar-refractivity contribution in [2.75, 3.05) is 32.8 Å². The lowest BCUT2D eigenvalue weighted by molar-refractivity contribution is 0.0468. The zero-order chi connectivity index (χ0) is 18.5. The number of hydrogen-bond donors (Lipinski definition) is 1. The van der Waals surface area contributed by atoms with Gasteiger partial charge in [0.1, 0.15) is 5.76 Å². The van der Waals surface area contributed by atoms with Crippen molar-refractivity contribution < 1.29 is 9.47 Å². The Kier molecular flexibility index (Phi) is 7.39. The third-order valence-corrected chi connectivity index (χ3v) is 7.79. The van der Waals surface area contributed by atoms with E-state index in [2.05, 4.69) is 45.0 Å². The number of alkyl halides is 1. The first-order chi connectivity index (χ1) is 13.3. The summed E-state index contributed by atoms with van der Waals surface area (Å²) in [5.41, 5.74) is 1.35. The number of morpholine rings is 1. The monoisotopic (exact) mass is 486 g/mol. The minimum atomic E-state index is 0.416. The molecule has 4 rings (SSSR count). The lowest BCUT2D eigenvalue weighted by atomic mass is 9.86. The molecule has 0 amide bonds. The van der Waals surface area contributed by atoms with E-state index in [1.54, 1.807) is 0 Å². The van der Waals surface area contributed by atoms with E-state index in [4.69, 9.17) is 9.47 Å². The van der Waals surface area contributed by atoms with Gasteiger partial charge < -0.3 is 19.7 Å². The van der Waals surface area contributed by atoms with Crippen molar-refractivity contribution in [3.63, 3.8) is 0 Å². The number of fused-ring (bicyclic) bond motifs is 1. The number of allylic oxidation sites excluding steroid dienone is 1. The molecule has 0 radical (unpaired) electrons. The molecule has 27 heavy (non-hydrogen) atoms. The highest BCUT2D eigenvalue weighted by Gasteiger charge is 2.32. The van der Waals surface area contributed by atoms with Gasteiger partial charge in [-0.05, 0) is 57.2 Å². The summed E-state index contributed by atoms with van der Waals surface area (Å²) in [4.78, 5) is 2.49. The van der Waals surface area contributed by atoms with Crippen molar-refractivity contribution in [1.82, 2.24) is 10.2 Å². The molecule has 2 unspecified atom stereocenters. The first-order valence-electron chi connectivity index (χ1n) is 11.1. The van der Waals surface area contributed by atoms with Gasteiger partial charge in [-0.2, -0.15) is 0 Å². The molecule has 4 nitrogen and oxygen atoms in total. The van der Waals surface area contributed by atoms with E-state index >= 15 is 0 Å². The van der Waals surface area contributed by atoms with Gasteiger partial charge in [0.05, 0.1) is 19.3 Å². The van der Waals surface area contributed by atoms with Crippen LogP contribution >= 0.6 is 22.6 Å². The summed E-state index contributed by atoms with van der Waals surface area (Å²) in [6.07, 6.45) is 16.9. The van der Waals surface area contributed by atoms with Crippen molar-refractivity contribution in [1.29, 1.82) is 0 Å². The number of halogens is 1.